The Bertz CT molecular complexity index is 447. The van der Waals surface area contributed by atoms with Crippen LogP contribution in [-0.4, -0.2) is 37.1 Å². The quantitative estimate of drug-likeness (QED) is 0.833. The highest BCUT2D eigenvalue weighted by atomic mass is 32.1. The third-order valence-electron chi connectivity index (χ3n) is 3.45. The molecule has 1 aromatic rings. The number of piperidine rings is 1. The lowest BCUT2D eigenvalue weighted by Crippen LogP contribution is -2.43. The number of hydrogen-bond acceptors (Lipinski definition) is 3. The first-order valence-electron chi connectivity index (χ1n) is 6.23. The van der Waals surface area contributed by atoms with Gasteiger partial charge in [-0.25, -0.2) is 0 Å². The predicted octanol–water partition coefficient (Wildman–Crippen LogP) is 2.53. The Balaban J connectivity index is 2.17. The van der Waals surface area contributed by atoms with E-state index in [0.717, 1.165) is 35.4 Å². The molecule has 2 rings (SSSR count). The van der Waals surface area contributed by atoms with Crippen LogP contribution >= 0.6 is 12.6 Å². The summed E-state index contributed by atoms with van der Waals surface area (Å²) in [5, 5.41) is 0. The summed E-state index contributed by atoms with van der Waals surface area (Å²) in [7, 11) is 1.71. The van der Waals surface area contributed by atoms with E-state index in [9.17, 15) is 4.79 Å². The van der Waals surface area contributed by atoms with E-state index in [4.69, 9.17) is 4.74 Å². The number of thiol groups is 1. The molecule has 1 fully saturated rings. The van der Waals surface area contributed by atoms with Crippen molar-refractivity contribution in [2.45, 2.75) is 30.8 Å². The average Bonchev–Trinajstić information content (AvgIpc) is 2.41. The van der Waals surface area contributed by atoms with Crippen molar-refractivity contribution in [3.63, 3.8) is 0 Å². The molecule has 1 saturated heterocycles. The van der Waals surface area contributed by atoms with E-state index in [2.05, 4.69) is 12.6 Å². The first-order valence-corrected chi connectivity index (χ1v) is 6.68. The number of carbonyl (C=O) groups is 1. The summed E-state index contributed by atoms with van der Waals surface area (Å²) in [4.78, 5) is 15.2. The summed E-state index contributed by atoms with van der Waals surface area (Å²) in [6.45, 7) is 3.46. The topological polar surface area (TPSA) is 29.5 Å². The smallest absolute Gasteiger partial charge is 0.254 e. The van der Waals surface area contributed by atoms with E-state index in [1.807, 2.05) is 30.0 Å². The molecule has 0 aromatic heterocycles. The molecule has 98 valence electrons. The maximum atomic E-state index is 12.5. The van der Waals surface area contributed by atoms with Gasteiger partial charge in [-0.15, -0.1) is 12.6 Å². The SMILES string of the molecule is COC1CCCN(C(=O)c2cc(S)ccc2C)C1. The van der Waals surface area contributed by atoms with Gasteiger partial charge in [0.05, 0.1) is 6.10 Å². The number of carbonyl (C=O) groups excluding carboxylic acids is 1. The fourth-order valence-corrected chi connectivity index (χ4v) is 2.53. The van der Waals surface area contributed by atoms with Gasteiger partial charge < -0.3 is 9.64 Å². The Hall–Kier alpha value is -1.00. The second-order valence-electron chi connectivity index (χ2n) is 4.75. The van der Waals surface area contributed by atoms with Gasteiger partial charge in [0.15, 0.2) is 0 Å². The Morgan fingerprint density at radius 2 is 2.28 bits per heavy atom. The zero-order valence-corrected chi connectivity index (χ0v) is 11.7. The van der Waals surface area contributed by atoms with Crippen molar-refractivity contribution in [1.82, 2.24) is 4.90 Å². The minimum absolute atomic E-state index is 0.0881. The average molecular weight is 265 g/mol. The predicted molar refractivity (Wildman–Crippen MR) is 74.4 cm³/mol. The molecule has 1 heterocycles. The Labute approximate surface area is 114 Å². The summed E-state index contributed by atoms with van der Waals surface area (Å²) in [5.41, 5.74) is 1.75. The molecular formula is C14H19NO2S. The van der Waals surface area contributed by atoms with Gasteiger partial charge in [0, 0.05) is 30.7 Å². The zero-order chi connectivity index (χ0) is 13.1. The Morgan fingerprint density at radius 3 is 3.00 bits per heavy atom. The second kappa shape index (κ2) is 5.76. The summed E-state index contributed by atoms with van der Waals surface area (Å²) in [6.07, 6.45) is 2.21. The lowest BCUT2D eigenvalue weighted by molar-refractivity contribution is 0.0268. The number of methoxy groups -OCH3 is 1. The number of likely N-dealkylation sites (tertiary alicyclic amines) is 1. The number of aryl methyl sites for hydroxylation is 1. The van der Waals surface area contributed by atoms with E-state index in [-0.39, 0.29) is 12.0 Å². The molecule has 0 bridgehead atoms. The summed E-state index contributed by atoms with van der Waals surface area (Å²) in [5.74, 6) is 0.0881. The molecule has 1 aliphatic rings. The van der Waals surface area contributed by atoms with E-state index in [1.54, 1.807) is 7.11 Å². The van der Waals surface area contributed by atoms with Crippen LogP contribution in [0.25, 0.3) is 0 Å². The summed E-state index contributed by atoms with van der Waals surface area (Å²) < 4.78 is 5.35. The van der Waals surface area contributed by atoms with Crippen LogP contribution in [0.5, 0.6) is 0 Å². The normalized spacial score (nSPS) is 19.9. The highest BCUT2D eigenvalue weighted by Gasteiger charge is 2.25. The molecule has 1 unspecified atom stereocenters. The number of ether oxygens (including phenoxy) is 1. The van der Waals surface area contributed by atoms with Gasteiger partial charge in [-0.05, 0) is 37.5 Å². The number of nitrogens with zero attached hydrogens (tertiary/aromatic N) is 1. The van der Waals surface area contributed by atoms with Gasteiger partial charge >= 0.3 is 0 Å². The van der Waals surface area contributed by atoms with E-state index >= 15 is 0 Å². The van der Waals surface area contributed by atoms with Gasteiger partial charge in [-0.2, -0.15) is 0 Å². The molecule has 0 radical (unpaired) electrons. The molecule has 0 N–H and O–H groups in total. The number of rotatable bonds is 2. The van der Waals surface area contributed by atoms with Crippen LogP contribution in [-0.2, 0) is 4.74 Å². The largest absolute Gasteiger partial charge is 0.380 e. The van der Waals surface area contributed by atoms with Crippen LogP contribution in [0.2, 0.25) is 0 Å². The van der Waals surface area contributed by atoms with Crippen molar-refractivity contribution in [2.75, 3.05) is 20.2 Å². The van der Waals surface area contributed by atoms with Crippen LogP contribution in [0.3, 0.4) is 0 Å². The van der Waals surface area contributed by atoms with Gasteiger partial charge in [0.1, 0.15) is 0 Å². The van der Waals surface area contributed by atoms with Crippen LogP contribution in [0.1, 0.15) is 28.8 Å². The van der Waals surface area contributed by atoms with E-state index in [0.29, 0.717) is 6.54 Å². The summed E-state index contributed by atoms with van der Waals surface area (Å²) in [6, 6.07) is 5.69. The van der Waals surface area contributed by atoms with Crippen molar-refractivity contribution in [3.8, 4) is 0 Å². The molecular weight excluding hydrogens is 246 g/mol. The van der Waals surface area contributed by atoms with Crippen molar-refractivity contribution in [3.05, 3.63) is 29.3 Å². The van der Waals surface area contributed by atoms with Crippen molar-refractivity contribution in [1.29, 1.82) is 0 Å². The molecule has 18 heavy (non-hydrogen) atoms. The Kier molecular flexibility index (Phi) is 4.30. The first kappa shape index (κ1) is 13.4. The highest BCUT2D eigenvalue weighted by Crippen LogP contribution is 2.19. The number of benzene rings is 1. The van der Waals surface area contributed by atoms with Crippen molar-refractivity contribution in [2.24, 2.45) is 0 Å². The molecule has 1 atom stereocenters. The van der Waals surface area contributed by atoms with Gasteiger partial charge in [-0.3, -0.25) is 4.79 Å². The molecule has 4 heteroatoms. The molecule has 3 nitrogen and oxygen atoms in total. The third-order valence-corrected chi connectivity index (χ3v) is 3.73. The van der Waals surface area contributed by atoms with E-state index < -0.39 is 0 Å². The molecule has 1 aromatic carbocycles. The molecule has 0 saturated carbocycles. The van der Waals surface area contributed by atoms with Crippen LogP contribution in [0.4, 0.5) is 0 Å². The fourth-order valence-electron chi connectivity index (χ4n) is 2.33. The van der Waals surface area contributed by atoms with Gasteiger partial charge in [0.25, 0.3) is 5.91 Å². The van der Waals surface area contributed by atoms with Crippen LogP contribution < -0.4 is 0 Å². The lowest BCUT2D eigenvalue weighted by Gasteiger charge is -2.32. The summed E-state index contributed by atoms with van der Waals surface area (Å²) >= 11 is 4.30. The van der Waals surface area contributed by atoms with Gasteiger partial charge in [0.2, 0.25) is 0 Å². The third kappa shape index (κ3) is 2.87. The van der Waals surface area contributed by atoms with Crippen molar-refractivity contribution >= 4 is 18.5 Å². The van der Waals surface area contributed by atoms with Crippen LogP contribution in [0, 0.1) is 6.92 Å². The minimum Gasteiger partial charge on any atom is -0.380 e. The maximum absolute atomic E-state index is 12.5. The Morgan fingerprint density at radius 1 is 1.50 bits per heavy atom. The highest BCUT2D eigenvalue weighted by molar-refractivity contribution is 7.80. The molecule has 0 spiro atoms. The number of hydrogen-bond donors (Lipinski definition) is 1. The molecule has 1 aliphatic heterocycles. The maximum Gasteiger partial charge on any atom is 0.254 e. The molecule has 1 amide bonds. The fraction of sp³-hybridized carbons (Fsp3) is 0.500. The standard InChI is InChI=1S/C14H19NO2S/c1-10-5-6-12(18)8-13(10)14(16)15-7-3-4-11(9-15)17-2/h5-6,8,11,18H,3-4,7,9H2,1-2H3. The molecule has 0 aliphatic carbocycles. The van der Waals surface area contributed by atoms with E-state index in [1.165, 1.54) is 0 Å². The van der Waals surface area contributed by atoms with Gasteiger partial charge in [-0.1, -0.05) is 6.07 Å². The minimum atomic E-state index is 0.0881. The zero-order valence-electron chi connectivity index (χ0n) is 10.8. The lowest BCUT2D eigenvalue weighted by atomic mass is 10.0. The first-order chi connectivity index (χ1) is 8.61. The number of amides is 1. The van der Waals surface area contributed by atoms with Crippen LogP contribution in [0.15, 0.2) is 23.1 Å². The monoisotopic (exact) mass is 265 g/mol. The second-order valence-corrected chi connectivity index (χ2v) is 5.27. The van der Waals surface area contributed by atoms with Crippen molar-refractivity contribution < 1.29 is 9.53 Å².